The van der Waals surface area contributed by atoms with E-state index in [4.69, 9.17) is 9.26 Å². The van der Waals surface area contributed by atoms with Crippen molar-refractivity contribution in [2.75, 3.05) is 19.0 Å². The molecule has 1 rings (SSSR count). The summed E-state index contributed by atoms with van der Waals surface area (Å²) in [4.78, 5) is 13.5. The minimum Gasteiger partial charge on any atom is -0.462 e. The van der Waals surface area contributed by atoms with Gasteiger partial charge < -0.3 is 9.64 Å². The number of hydrogen-bond acceptors (Lipinski definition) is 5. The van der Waals surface area contributed by atoms with Crippen molar-refractivity contribution in [2.24, 2.45) is 0 Å². The number of benzene rings is 1. The number of carbonyl (C=O) groups excluding carboxylic acids is 1. The lowest BCUT2D eigenvalue weighted by Crippen LogP contribution is -2.33. The number of nitrogens with zero attached hydrogens (tertiary/aromatic N) is 1. The number of ether oxygens (including phenoxy) is 1. The summed E-state index contributed by atoms with van der Waals surface area (Å²) < 4.78 is 22.1. The SMILES string of the molecule is CC(C)OC(=O)[C@H](C)N[P+](=O)Oc1ccc(N(C)C)cc1. The van der Waals surface area contributed by atoms with Crippen molar-refractivity contribution in [3.8, 4) is 5.75 Å². The summed E-state index contributed by atoms with van der Waals surface area (Å²) in [5.74, 6) is 0.0125. The molecule has 7 heteroatoms. The largest absolute Gasteiger partial charge is 0.664 e. The van der Waals surface area contributed by atoms with Crippen LogP contribution in [0.3, 0.4) is 0 Å². The second-order valence-electron chi connectivity index (χ2n) is 5.07. The first kappa shape index (κ1) is 17.4. The number of hydrogen-bond donors (Lipinski definition) is 1. The lowest BCUT2D eigenvalue weighted by atomic mass is 10.3. The normalized spacial score (nSPS) is 12.8. The van der Waals surface area contributed by atoms with E-state index in [0.29, 0.717) is 5.75 Å². The van der Waals surface area contributed by atoms with Crippen LogP contribution in [0.25, 0.3) is 0 Å². The smallest absolute Gasteiger partial charge is 0.462 e. The number of nitrogens with one attached hydrogen (secondary N) is 1. The molecule has 0 saturated carbocycles. The first-order valence-corrected chi connectivity index (χ1v) is 7.86. The Morgan fingerprint density at radius 1 is 1.19 bits per heavy atom. The molecule has 2 atom stereocenters. The third-order valence-corrected chi connectivity index (χ3v) is 3.52. The van der Waals surface area contributed by atoms with Crippen LogP contribution < -0.4 is 14.5 Å². The zero-order chi connectivity index (χ0) is 16.0. The van der Waals surface area contributed by atoms with Crippen molar-refractivity contribution < 1.29 is 18.6 Å². The standard InChI is InChI=1S/C14H22N2O4P/c1-10(2)19-14(17)11(3)15-21(18)20-13-8-6-12(7-9-13)16(4)5/h6-11H,1-5H3,(H,15,18)/q+1/t11-/m0/s1. The molecule has 116 valence electrons. The molecular formula is C14H22N2O4P+. The van der Waals surface area contributed by atoms with Crippen LogP contribution in [0.5, 0.6) is 5.75 Å². The highest BCUT2D eigenvalue weighted by atomic mass is 31.1. The molecule has 0 spiro atoms. The lowest BCUT2D eigenvalue weighted by molar-refractivity contribution is -0.148. The van der Waals surface area contributed by atoms with Gasteiger partial charge in [-0.2, -0.15) is 0 Å². The molecule has 0 aromatic heterocycles. The van der Waals surface area contributed by atoms with Crippen LogP contribution in [0.2, 0.25) is 0 Å². The maximum atomic E-state index is 11.8. The zero-order valence-corrected chi connectivity index (χ0v) is 13.9. The minimum absolute atomic E-state index is 0.209. The highest BCUT2D eigenvalue weighted by molar-refractivity contribution is 7.37. The average molecular weight is 313 g/mol. The van der Waals surface area contributed by atoms with Crippen LogP contribution >= 0.6 is 8.18 Å². The van der Waals surface area contributed by atoms with Crippen LogP contribution in [0.4, 0.5) is 5.69 Å². The van der Waals surface area contributed by atoms with E-state index < -0.39 is 20.2 Å². The first-order chi connectivity index (χ1) is 9.79. The molecule has 0 saturated heterocycles. The monoisotopic (exact) mass is 313 g/mol. The van der Waals surface area contributed by atoms with E-state index in [1.165, 1.54) is 0 Å². The lowest BCUT2D eigenvalue weighted by Gasteiger charge is -2.11. The van der Waals surface area contributed by atoms with Gasteiger partial charge in [-0.3, -0.25) is 4.79 Å². The summed E-state index contributed by atoms with van der Waals surface area (Å²) in [5.41, 5.74) is 1.01. The summed E-state index contributed by atoms with van der Waals surface area (Å²) >= 11 is 0. The first-order valence-electron chi connectivity index (χ1n) is 6.69. The second kappa shape index (κ2) is 7.96. The average Bonchev–Trinajstić information content (AvgIpc) is 2.38. The van der Waals surface area contributed by atoms with Gasteiger partial charge in [0.1, 0.15) is 6.04 Å². The Morgan fingerprint density at radius 3 is 2.24 bits per heavy atom. The molecule has 0 radical (unpaired) electrons. The van der Waals surface area contributed by atoms with E-state index in [0.717, 1.165) is 5.69 Å². The van der Waals surface area contributed by atoms with Gasteiger partial charge >= 0.3 is 14.1 Å². The van der Waals surface area contributed by atoms with Gasteiger partial charge in [-0.25, -0.2) is 4.52 Å². The Hall–Kier alpha value is -1.65. The third kappa shape index (κ3) is 6.10. The topological polar surface area (TPSA) is 67.9 Å². The number of esters is 1. The van der Waals surface area contributed by atoms with Crippen molar-refractivity contribution in [2.45, 2.75) is 32.9 Å². The molecule has 21 heavy (non-hydrogen) atoms. The minimum atomic E-state index is -2.19. The van der Waals surface area contributed by atoms with Crippen molar-refractivity contribution in [3.05, 3.63) is 24.3 Å². The van der Waals surface area contributed by atoms with E-state index in [9.17, 15) is 9.36 Å². The molecule has 0 aliphatic carbocycles. The maximum Gasteiger partial charge on any atom is 0.664 e. The molecular weight excluding hydrogens is 291 g/mol. The molecule has 1 unspecified atom stereocenters. The fraction of sp³-hybridized carbons (Fsp3) is 0.500. The summed E-state index contributed by atoms with van der Waals surface area (Å²) in [6, 6.07) is 6.46. The highest BCUT2D eigenvalue weighted by Crippen LogP contribution is 2.26. The van der Waals surface area contributed by atoms with E-state index in [1.54, 1.807) is 32.9 Å². The van der Waals surface area contributed by atoms with Gasteiger partial charge in [0.05, 0.1) is 6.10 Å². The fourth-order valence-corrected chi connectivity index (χ4v) is 2.26. The number of rotatable bonds is 7. The predicted molar refractivity (Wildman–Crippen MR) is 82.8 cm³/mol. The molecule has 0 fully saturated rings. The Labute approximate surface area is 126 Å². The molecule has 1 aromatic rings. The van der Waals surface area contributed by atoms with Crippen LogP contribution in [-0.2, 0) is 14.1 Å². The van der Waals surface area contributed by atoms with Crippen LogP contribution in [0.15, 0.2) is 24.3 Å². The Balaban J connectivity index is 2.51. The summed E-state index contributed by atoms with van der Waals surface area (Å²) in [7, 11) is 1.67. The van der Waals surface area contributed by atoms with Crippen molar-refractivity contribution in [3.63, 3.8) is 0 Å². The van der Waals surface area contributed by atoms with E-state index >= 15 is 0 Å². The third-order valence-electron chi connectivity index (χ3n) is 2.55. The molecule has 0 heterocycles. The van der Waals surface area contributed by atoms with Gasteiger partial charge in [0.2, 0.25) is 0 Å². The molecule has 1 N–H and O–H groups in total. The van der Waals surface area contributed by atoms with E-state index in [2.05, 4.69) is 5.09 Å². The Kier molecular flexibility index (Phi) is 6.59. The molecule has 1 aromatic carbocycles. The van der Waals surface area contributed by atoms with Gasteiger partial charge in [0.15, 0.2) is 5.75 Å². The molecule has 0 bridgehead atoms. The van der Waals surface area contributed by atoms with Gasteiger partial charge in [-0.15, -0.1) is 0 Å². The van der Waals surface area contributed by atoms with Crippen molar-refractivity contribution in [1.29, 1.82) is 0 Å². The van der Waals surface area contributed by atoms with Crippen LogP contribution in [0, 0.1) is 0 Å². The molecule has 0 aliphatic rings. The maximum absolute atomic E-state index is 11.8. The Morgan fingerprint density at radius 2 is 1.76 bits per heavy atom. The second-order valence-corrected chi connectivity index (χ2v) is 6.03. The quantitative estimate of drug-likeness (QED) is 0.616. The van der Waals surface area contributed by atoms with Crippen LogP contribution in [0.1, 0.15) is 20.8 Å². The summed E-state index contributed by atoms with van der Waals surface area (Å²) in [6.07, 6.45) is -0.209. The van der Waals surface area contributed by atoms with Gasteiger partial charge in [0.25, 0.3) is 0 Å². The molecule has 0 aliphatic heterocycles. The molecule has 0 amide bonds. The van der Waals surface area contributed by atoms with Gasteiger partial charge in [0, 0.05) is 24.3 Å². The van der Waals surface area contributed by atoms with Gasteiger partial charge in [-0.1, -0.05) is 5.09 Å². The van der Waals surface area contributed by atoms with E-state index in [1.807, 2.05) is 31.1 Å². The summed E-state index contributed by atoms with van der Waals surface area (Å²) in [6.45, 7) is 5.09. The highest BCUT2D eigenvalue weighted by Gasteiger charge is 2.28. The van der Waals surface area contributed by atoms with Gasteiger partial charge in [-0.05, 0) is 45.0 Å². The fourth-order valence-electron chi connectivity index (χ4n) is 1.47. The van der Waals surface area contributed by atoms with E-state index in [-0.39, 0.29) is 6.10 Å². The van der Waals surface area contributed by atoms with Crippen molar-refractivity contribution >= 4 is 19.8 Å². The predicted octanol–water partition coefficient (Wildman–Crippen LogP) is 2.72. The number of carbonyl (C=O) groups is 1. The van der Waals surface area contributed by atoms with Crippen LogP contribution in [-0.4, -0.2) is 32.2 Å². The zero-order valence-electron chi connectivity index (χ0n) is 13.0. The molecule has 6 nitrogen and oxygen atoms in total. The Bertz CT molecular complexity index is 488. The van der Waals surface area contributed by atoms with Crippen molar-refractivity contribution in [1.82, 2.24) is 5.09 Å². The summed E-state index contributed by atoms with van der Waals surface area (Å²) in [5, 5.41) is 2.57. The number of anilines is 1.